The number of hydrazone groups is 1. The summed E-state index contributed by atoms with van der Waals surface area (Å²) in [6.45, 7) is 4.10. The molecule has 4 heteroatoms. The Morgan fingerprint density at radius 3 is 2.60 bits per heavy atom. The lowest BCUT2D eigenvalue weighted by Crippen LogP contribution is -2.19. The third-order valence-corrected chi connectivity index (χ3v) is 3.14. The molecule has 0 aliphatic carbocycles. The molecule has 0 aromatic heterocycles. The van der Waals surface area contributed by atoms with E-state index >= 15 is 0 Å². The molecule has 0 aliphatic heterocycles. The lowest BCUT2D eigenvalue weighted by Gasteiger charge is -2.04. The lowest BCUT2D eigenvalue weighted by molar-refractivity contribution is 0.0952. The smallest absolute Gasteiger partial charge is 0.275 e. The van der Waals surface area contributed by atoms with Crippen molar-refractivity contribution in [2.75, 3.05) is 0 Å². The Morgan fingerprint density at radius 1 is 1.20 bits per heavy atom. The van der Waals surface area contributed by atoms with E-state index in [2.05, 4.69) is 17.5 Å². The van der Waals surface area contributed by atoms with Crippen molar-refractivity contribution in [1.82, 2.24) is 5.43 Å². The van der Waals surface area contributed by atoms with Gasteiger partial charge in [-0.15, -0.1) is 0 Å². The molecule has 20 heavy (non-hydrogen) atoms. The zero-order chi connectivity index (χ0) is 14.8. The summed E-state index contributed by atoms with van der Waals surface area (Å²) in [5, 5.41) is 13.6. The van der Waals surface area contributed by atoms with Crippen molar-refractivity contribution < 1.29 is 9.90 Å². The van der Waals surface area contributed by atoms with Gasteiger partial charge in [-0.05, 0) is 31.9 Å². The Labute approximate surface area is 120 Å². The van der Waals surface area contributed by atoms with Gasteiger partial charge in [-0.25, -0.2) is 5.43 Å². The molecule has 110 valence electrons. The molecule has 2 N–H and O–H groups in total. The van der Waals surface area contributed by atoms with E-state index in [1.54, 1.807) is 18.2 Å². The first-order valence-electron chi connectivity index (χ1n) is 7.26. The third-order valence-electron chi connectivity index (χ3n) is 3.14. The molecule has 0 unspecified atom stereocenters. The number of benzene rings is 1. The van der Waals surface area contributed by atoms with Crippen molar-refractivity contribution in [2.45, 2.75) is 52.4 Å². The highest BCUT2D eigenvalue weighted by molar-refractivity contribution is 5.97. The molecule has 0 radical (unpaired) electrons. The van der Waals surface area contributed by atoms with Crippen molar-refractivity contribution >= 4 is 11.6 Å². The molecule has 4 nitrogen and oxygen atoms in total. The molecular weight excluding hydrogens is 252 g/mol. The van der Waals surface area contributed by atoms with Crippen molar-refractivity contribution in [1.29, 1.82) is 0 Å². The molecule has 1 aromatic rings. The number of carbonyl (C=O) groups is 1. The van der Waals surface area contributed by atoms with Crippen LogP contribution in [0.2, 0.25) is 0 Å². The van der Waals surface area contributed by atoms with Crippen LogP contribution in [0.15, 0.2) is 29.4 Å². The van der Waals surface area contributed by atoms with E-state index in [-0.39, 0.29) is 17.2 Å². The maximum atomic E-state index is 11.8. The largest absolute Gasteiger partial charge is 0.507 e. The molecule has 0 atom stereocenters. The number of nitrogens with zero attached hydrogens (tertiary/aromatic N) is 1. The Bertz CT molecular complexity index is 456. The summed E-state index contributed by atoms with van der Waals surface area (Å²) in [5.41, 5.74) is 3.63. The first-order valence-corrected chi connectivity index (χ1v) is 7.26. The number of hydrogen-bond acceptors (Lipinski definition) is 3. The first kappa shape index (κ1) is 16.2. The average molecular weight is 276 g/mol. The molecule has 0 bridgehead atoms. The second-order valence-electron chi connectivity index (χ2n) is 4.97. The Kier molecular flexibility index (Phi) is 7.40. The fraction of sp³-hybridized carbons (Fsp3) is 0.500. The Hall–Kier alpha value is -1.84. The van der Waals surface area contributed by atoms with Crippen LogP contribution in [0.3, 0.4) is 0 Å². The highest BCUT2D eigenvalue weighted by Crippen LogP contribution is 2.15. The quantitative estimate of drug-likeness (QED) is 0.430. The summed E-state index contributed by atoms with van der Waals surface area (Å²) >= 11 is 0. The van der Waals surface area contributed by atoms with E-state index in [1.165, 1.54) is 31.7 Å². The minimum Gasteiger partial charge on any atom is -0.507 e. The molecule has 1 aromatic carbocycles. The van der Waals surface area contributed by atoms with E-state index < -0.39 is 0 Å². The van der Waals surface area contributed by atoms with Crippen LogP contribution in [0.5, 0.6) is 5.75 Å². The molecule has 0 saturated heterocycles. The highest BCUT2D eigenvalue weighted by atomic mass is 16.3. The number of carbonyl (C=O) groups excluding carboxylic acids is 1. The van der Waals surface area contributed by atoms with Crippen LogP contribution >= 0.6 is 0 Å². The van der Waals surface area contributed by atoms with Gasteiger partial charge in [0.25, 0.3) is 5.91 Å². The molecule has 0 heterocycles. The molecule has 0 spiro atoms. The van der Waals surface area contributed by atoms with Gasteiger partial charge in [0.2, 0.25) is 0 Å². The summed E-state index contributed by atoms with van der Waals surface area (Å²) in [5.74, 6) is -0.411. The summed E-state index contributed by atoms with van der Waals surface area (Å²) < 4.78 is 0. The molecule has 0 fully saturated rings. The number of para-hydroxylation sites is 1. The summed E-state index contributed by atoms with van der Waals surface area (Å²) in [4.78, 5) is 11.8. The SMILES string of the molecule is CCCCCCCC(C)=NNC(=O)c1ccccc1O. The van der Waals surface area contributed by atoms with E-state index in [1.807, 2.05) is 6.92 Å². The zero-order valence-electron chi connectivity index (χ0n) is 12.4. The van der Waals surface area contributed by atoms with Gasteiger partial charge in [0.05, 0.1) is 5.56 Å². The van der Waals surface area contributed by atoms with Gasteiger partial charge < -0.3 is 5.11 Å². The van der Waals surface area contributed by atoms with Crippen LogP contribution in [-0.2, 0) is 0 Å². The zero-order valence-corrected chi connectivity index (χ0v) is 12.4. The van der Waals surface area contributed by atoms with Crippen LogP contribution < -0.4 is 5.43 Å². The van der Waals surface area contributed by atoms with Gasteiger partial charge >= 0.3 is 0 Å². The van der Waals surface area contributed by atoms with Crippen LogP contribution in [0.4, 0.5) is 0 Å². The number of unbranched alkanes of at least 4 members (excludes halogenated alkanes) is 4. The Balaban J connectivity index is 2.35. The van der Waals surface area contributed by atoms with Crippen molar-refractivity contribution in [3.8, 4) is 5.75 Å². The molecule has 1 amide bonds. The standard InChI is InChI=1S/C16H24N2O2/c1-3-4-5-6-7-10-13(2)17-18-16(20)14-11-8-9-12-15(14)19/h8-9,11-12,19H,3-7,10H2,1-2H3,(H,18,20). The van der Waals surface area contributed by atoms with Gasteiger partial charge in [-0.2, -0.15) is 5.10 Å². The van der Waals surface area contributed by atoms with Gasteiger partial charge in [0.1, 0.15) is 5.75 Å². The van der Waals surface area contributed by atoms with Crippen LogP contribution in [0.25, 0.3) is 0 Å². The first-order chi connectivity index (χ1) is 9.65. The molecule has 1 rings (SSSR count). The van der Waals surface area contributed by atoms with Gasteiger partial charge in [0.15, 0.2) is 0 Å². The predicted octanol–water partition coefficient (Wildman–Crippen LogP) is 3.86. The van der Waals surface area contributed by atoms with E-state index in [4.69, 9.17) is 0 Å². The topological polar surface area (TPSA) is 61.7 Å². The number of phenolic OH excluding ortho intramolecular Hbond substituents is 1. The van der Waals surface area contributed by atoms with E-state index in [0.717, 1.165) is 18.6 Å². The summed E-state index contributed by atoms with van der Waals surface area (Å²) in [6.07, 6.45) is 6.97. The van der Waals surface area contributed by atoms with E-state index in [9.17, 15) is 9.90 Å². The maximum Gasteiger partial charge on any atom is 0.275 e. The van der Waals surface area contributed by atoms with Crippen LogP contribution in [0.1, 0.15) is 62.7 Å². The minimum atomic E-state index is -0.381. The maximum absolute atomic E-state index is 11.8. The third kappa shape index (κ3) is 5.87. The van der Waals surface area contributed by atoms with Crippen molar-refractivity contribution in [3.63, 3.8) is 0 Å². The molecule has 0 aliphatic rings. The molecular formula is C16H24N2O2. The number of rotatable bonds is 8. The molecule has 0 saturated carbocycles. The second-order valence-corrected chi connectivity index (χ2v) is 4.97. The van der Waals surface area contributed by atoms with E-state index in [0.29, 0.717) is 0 Å². The monoisotopic (exact) mass is 276 g/mol. The predicted molar refractivity (Wildman–Crippen MR) is 82.1 cm³/mol. The number of hydrogen-bond donors (Lipinski definition) is 2. The highest BCUT2D eigenvalue weighted by Gasteiger charge is 2.08. The van der Waals surface area contributed by atoms with Crippen LogP contribution in [-0.4, -0.2) is 16.7 Å². The normalized spacial score (nSPS) is 11.4. The number of aromatic hydroxyl groups is 1. The summed E-state index contributed by atoms with van der Waals surface area (Å²) in [7, 11) is 0. The van der Waals surface area contributed by atoms with Gasteiger partial charge in [-0.1, -0.05) is 44.7 Å². The fourth-order valence-corrected chi connectivity index (χ4v) is 1.91. The number of amides is 1. The second kappa shape index (κ2) is 9.13. The van der Waals surface area contributed by atoms with Crippen molar-refractivity contribution in [2.24, 2.45) is 5.10 Å². The van der Waals surface area contributed by atoms with Gasteiger partial charge in [0, 0.05) is 5.71 Å². The Morgan fingerprint density at radius 2 is 1.90 bits per heavy atom. The summed E-state index contributed by atoms with van der Waals surface area (Å²) in [6, 6.07) is 6.44. The minimum absolute atomic E-state index is 0.0302. The fourth-order valence-electron chi connectivity index (χ4n) is 1.91. The lowest BCUT2D eigenvalue weighted by atomic mass is 10.1. The van der Waals surface area contributed by atoms with Gasteiger partial charge in [-0.3, -0.25) is 4.79 Å². The van der Waals surface area contributed by atoms with Crippen LogP contribution in [0, 0.1) is 0 Å². The average Bonchev–Trinajstić information content (AvgIpc) is 2.45. The van der Waals surface area contributed by atoms with Crippen molar-refractivity contribution in [3.05, 3.63) is 29.8 Å². The number of nitrogens with one attached hydrogen (secondary N) is 1. The number of phenols is 1.